The zero-order valence-corrected chi connectivity index (χ0v) is 41.4. The number of methoxy groups -OCH3 is 2. The van der Waals surface area contributed by atoms with Gasteiger partial charge >= 0.3 is 0 Å². The maximum Gasteiger partial charge on any atom is 0.258 e. The number of azo groups is 2. The van der Waals surface area contributed by atoms with Crippen LogP contribution in [0.1, 0.15) is 63.6 Å². The minimum absolute atomic E-state index is 0.00949. The summed E-state index contributed by atoms with van der Waals surface area (Å²) in [6.45, 7) is 3.91. The van der Waals surface area contributed by atoms with E-state index in [0.29, 0.717) is 52.4 Å². The lowest BCUT2D eigenvalue weighted by Crippen LogP contribution is -2.32. The number of anilines is 4. The van der Waals surface area contributed by atoms with Gasteiger partial charge in [-0.15, -0.1) is 34.8 Å². The van der Waals surface area contributed by atoms with Gasteiger partial charge in [-0.2, -0.15) is 20.5 Å². The van der Waals surface area contributed by atoms with Gasteiger partial charge in [0.25, 0.3) is 23.6 Å². The summed E-state index contributed by atoms with van der Waals surface area (Å²) < 4.78 is 10.8. The molecule has 360 valence electrons. The van der Waals surface area contributed by atoms with Gasteiger partial charge in [-0.1, -0.05) is 47.5 Å². The van der Waals surface area contributed by atoms with E-state index in [4.69, 9.17) is 67.5 Å². The molecule has 4 N–H and O–H groups in total. The van der Waals surface area contributed by atoms with Gasteiger partial charge in [0.2, 0.25) is 12.1 Å². The molecule has 5 rings (SSSR count). The van der Waals surface area contributed by atoms with Crippen molar-refractivity contribution in [2.24, 2.45) is 20.5 Å². The highest BCUT2D eigenvalue weighted by Gasteiger charge is 2.27. The Morgan fingerprint density at radius 2 is 1.01 bits per heavy atom. The molecular weight excluding hydrogens is 994 g/mol. The first-order valence-corrected chi connectivity index (χ1v) is 23.1. The average Bonchev–Trinajstić information content (AvgIpc) is 3.31. The molecule has 0 bridgehead atoms. The Balaban J connectivity index is 1.29. The summed E-state index contributed by atoms with van der Waals surface area (Å²) in [6, 6.07) is 20.2. The van der Waals surface area contributed by atoms with Crippen molar-refractivity contribution >= 4 is 127 Å². The van der Waals surface area contributed by atoms with Crippen molar-refractivity contribution in [3.8, 4) is 11.5 Å². The van der Waals surface area contributed by atoms with Crippen molar-refractivity contribution in [1.29, 1.82) is 0 Å². The van der Waals surface area contributed by atoms with Gasteiger partial charge in [0.15, 0.2) is 11.6 Å². The van der Waals surface area contributed by atoms with E-state index in [2.05, 4.69) is 41.7 Å². The summed E-state index contributed by atoms with van der Waals surface area (Å²) in [4.78, 5) is 79.3. The zero-order valence-electron chi connectivity index (χ0n) is 37.7. The lowest BCUT2D eigenvalue weighted by molar-refractivity contribution is -0.127. The van der Waals surface area contributed by atoms with Crippen LogP contribution in [0.25, 0.3) is 0 Å². The summed E-state index contributed by atoms with van der Waals surface area (Å²) in [5, 5.41) is 26.1. The van der Waals surface area contributed by atoms with Crippen LogP contribution >= 0.6 is 58.0 Å². The largest absolute Gasteiger partial charge is 0.496 e. The fraction of sp³-hybridized carbons (Fsp3) is 0.250. The molecule has 16 nitrogen and oxygen atoms in total. The fourth-order valence-electron chi connectivity index (χ4n) is 6.75. The van der Waals surface area contributed by atoms with Crippen LogP contribution in [0.15, 0.2) is 111 Å². The maximum atomic E-state index is 13.6. The number of carbonyl (C=O) groups excluding carboxylic acids is 6. The number of rotatable bonds is 21. The molecule has 5 aromatic carbocycles. The normalized spacial score (nSPS) is 12.5. The van der Waals surface area contributed by atoms with E-state index in [0.717, 1.165) is 13.8 Å². The van der Waals surface area contributed by atoms with Crippen LogP contribution < -0.4 is 30.7 Å². The number of nitrogens with one attached hydrogen (secondary N) is 4. The molecule has 0 saturated carbocycles. The van der Waals surface area contributed by atoms with Crippen LogP contribution in [0.4, 0.5) is 34.1 Å². The first kappa shape index (κ1) is 53.5. The fourth-order valence-corrected chi connectivity index (χ4v) is 7.81. The molecule has 0 heterocycles. The molecule has 0 aliphatic rings. The topological polar surface area (TPSA) is 218 Å². The van der Waals surface area contributed by atoms with Crippen molar-refractivity contribution in [1.82, 2.24) is 0 Å². The molecule has 69 heavy (non-hydrogen) atoms. The third-order valence-electron chi connectivity index (χ3n) is 10.2. The Bertz CT molecular complexity index is 2820. The van der Waals surface area contributed by atoms with E-state index in [1.807, 2.05) is 0 Å². The quantitative estimate of drug-likeness (QED) is 0.0314. The molecule has 5 aromatic rings. The van der Waals surface area contributed by atoms with Gasteiger partial charge in [0.1, 0.15) is 22.9 Å². The van der Waals surface area contributed by atoms with Gasteiger partial charge in [0, 0.05) is 45.6 Å². The molecule has 21 heteroatoms. The van der Waals surface area contributed by atoms with Crippen LogP contribution in [-0.2, 0) is 32.0 Å². The number of hydrogen-bond acceptors (Lipinski definition) is 12. The Labute approximate surface area is 422 Å². The number of carbonyl (C=O) groups is 6. The number of alkyl halides is 3. The second kappa shape index (κ2) is 25.3. The highest BCUT2D eigenvalue weighted by molar-refractivity contribution is 6.37. The number of hydrogen-bond donors (Lipinski definition) is 4. The second-order valence-corrected chi connectivity index (χ2v) is 17.1. The van der Waals surface area contributed by atoms with Crippen molar-refractivity contribution in [3.05, 3.63) is 129 Å². The highest BCUT2D eigenvalue weighted by atomic mass is 35.5. The molecule has 3 atom stereocenters. The van der Waals surface area contributed by atoms with Crippen LogP contribution in [-0.4, -0.2) is 73.3 Å². The highest BCUT2D eigenvalue weighted by Crippen LogP contribution is 2.35. The van der Waals surface area contributed by atoms with E-state index < -0.39 is 52.7 Å². The second-order valence-electron chi connectivity index (χ2n) is 14.9. The van der Waals surface area contributed by atoms with Crippen LogP contribution in [0.5, 0.6) is 11.5 Å². The minimum Gasteiger partial charge on any atom is -0.496 e. The van der Waals surface area contributed by atoms with E-state index >= 15 is 0 Å². The average molecular weight is 1040 g/mol. The van der Waals surface area contributed by atoms with Crippen molar-refractivity contribution < 1.29 is 38.2 Å². The Kier molecular flexibility index (Phi) is 19.6. The number of halogens is 5. The van der Waals surface area contributed by atoms with Gasteiger partial charge < -0.3 is 30.7 Å². The van der Waals surface area contributed by atoms with Gasteiger partial charge in [-0.05, 0) is 106 Å². The van der Waals surface area contributed by atoms with Crippen LogP contribution in [0.3, 0.4) is 0 Å². The summed E-state index contributed by atoms with van der Waals surface area (Å²) in [6.07, 6.45) is 0.839. The molecule has 0 fully saturated rings. The van der Waals surface area contributed by atoms with E-state index in [9.17, 15) is 28.8 Å². The summed E-state index contributed by atoms with van der Waals surface area (Å²) in [5.41, 5.74) is 3.10. The van der Waals surface area contributed by atoms with E-state index in [-0.39, 0.29) is 55.7 Å². The number of nitrogens with zero attached hydrogens (tertiary/aromatic N) is 4. The number of benzene rings is 5. The minimum atomic E-state index is -1.65. The summed E-state index contributed by atoms with van der Waals surface area (Å²) >= 11 is 31.7. The predicted octanol–water partition coefficient (Wildman–Crippen LogP) is 11.7. The third kappa shape index (κ3) is 13.6. The summed E-state index contributed by atoms with van der Waals surface area (Å²) in [7, 11) is 3.02. The van der Waals surface area contributed by atoms with Gasteiger partial charge in [-0.3, -0.25) is 28.8 Å². The lowest BCUT2D eigenvalue weighted by atomic mass is 10.1. The third-order valence-corrected chi connectivity index (χ3v) is 11.6. The number of ether oxygens (including phenoxy) is 2. The molecule has 0 aromatic heterocycles. The lowest BCUT2D eigenvalue weighted by Gasteiger charge is -2.17. The first-order valence-electron chi connectivity index (χ1n) is 20.9. The monoisotopic (exact) mass is 1040 g/mol. The molecular formula is C48H45Cl5N8O8. The summed E-state index contributed by atoms with van der Waals surface area (Å²) in [5.74, 6) is -2.54. The SMILES string of the molecule is COc1cccc(NC(=O)c2cccc(N=NC(C(C)=O)C(=O)Nc3ccc(NC(=O)C(N=Nc4cccc(C(=O)Nc5cccc(OC)c5CCCl)c4Cl)C(C)=O)c(C(C)Cl)c3)c2Cl)c1CCCl. The van der Waals surface area contributed by atoms with Gasteiger partial charge in [-0.25, -0.2) is 0 Å². The molecule has 3 unspecified atom stereocenters. The van der Waals surface area contributed by atoms with E-state index in [1.54, 1.807) is 43.3 Å². The molecule has 4 amide bonds. The zero-order chi connectivity index (χ0) is 50.4. The maximum absolute atomic E-state index is 13.6. The Morgan fingerprint density at radius 3 is 1.42 bits per heavy atom. The predicted molar refractivity (Wildman–Crippen MR) is 270 cm³/mol. The van der Waals surface area contributed by atoms with E-state index in [1.165, 1.54) is 68.8 Å². The van der Waals surface area contributed by atoms with Crippen LogP contribution in [0.2, 0.25) is 10.0 Å². The standard InChI is InChI=1S/C48H45Cl5N8O8/c1-25(51)33-24-28(54-47(66)43(26(2)62)60-58-37-14-6-10-31(41(37)52)45(64)55-34-12-8-16-39(68-4)29(34)20-22-49)18-19-36(33)57-48(67)44(27(3)63)61-59-38-15-7-11-32(42(38)53)46(65)56-35-13-9-17-40(69-5)30(35)21-23-50/h6-19,24-25,43-44H,20-23H2,1-5H3,(H,54,66)(H,55,64)(H,56,65)(H,57,67). The number of ketones is 2. The number of amides is 4. The van der Waals surface area contributed by atoms with Gasteiger partial charge in [0.05, 0.1) is 40.8 Å². The van der Waals surface area contributed by atoms with Crippen LogP contribution in [0, 0.1) is 0 Å². The van der Waals surface area contributed by atoms with Crippen molar-refractivity contribution in [2.45, 2.75) is 51.1 Å². The molecule has 0 aliphatic carbocycles. The first-order chi connectivity index (χ1) is 33.0. The van der Waals surface area contributed by atoms with Crippen molar-refractivity contribution in [2.75, 3.05) is 47.2 Å². The molecule has 0 spiro atoms. The Morgan fingerprint density at radius 1 is 0.580 bits per heavy atom. The van der Waals surface area contributed by atoms with Crippen molar-refractivity contribution in [3.63, 3.8) is 0 Å². The Hall–Kier alpha value is -6.43. The molecule has 0 aliphatic heterocycles. The molecule has 0 radical (unpaired) electrons. The smallest absolute Gasteiger partial charge is 0.258 e. The molecule has 0 saturated heterocycles. The number of Topliss-reactive ketones (excluding diaryl/α,β-unsaturated/α-hetero) is 2.